The van der Waals surface area contributed by atoms with Gasteiger partial charge in [-0.3, -0.25) is 0 Å². The summed E-state index contributed by atoms with van der Waals surface area (Å²) in [7, 11) is 0. The van der Waals surface area contributed by atoms with Gasteiger partial charge < -0.3 is 5.32 Å². The lowest BCUT2D eigenvalue weighted by molar-refractivity contribution is 0.614. The van der Waals surface area contributed by atoms with Crippen molar-refractivity contribution in [3.8, 4) is 0 Å². The molecule has 0 spiro atoms. The molecular weight excluding hydrogens is 182 g/mol. The van der Waals surface area contributed by atoms with Gasteiger partial charge in [0.1, 0.15) is 0 Å². The van der Waals surface area contributed by atoms with Crippen molar-refractivity contribution in [2.45, 2.75) is 27.2 Å². The van der Waals surface area contributed by atoms with Gasteiger partial charge >= 0.3 is 0 Å². The number of nitrogens with one attached hydrogen (secondary N) is 1. The van der Waals surface area contributed by atoms with E-state index in [2.05, 4.69) is 56.9 Å². The average Bonchev–Trinajstić information content (AvgIpc) is 2.22. The Morgan fingerprint density at radius 3 is 2.47 bits per heavy atom. The second-order valence-corrected chi connectivity index (χ2v) is 4.15. The number of aryl methyl sites for hydroxylation is 1. The zero-order valence-corrected chi connectivity index (χ0v) is 10.0. The van der Waals surface area contributed by atoms with E-state index in [9.17, 15) is 0 Å². The first-order chi connectivity index (χ1) is 7.13. The van der Waals surface area contributed by atoms with Crippen LogP contribution in [0.25, 0.3) is 0 Å². The molecular formula is C14H21N. The Hall–Kier alpha value is -1.24. The molecule has 1 aromatic carbocycles. The van der Waals surface area contributed by atoms with Crippen molar-refractivity contribution < 1.29 is 0 Å². The summed E-state index contributed by atoms with van der Waals surface area (Å²) in [5.41, 5.74) is 3.84. The van der Waals surface area contributed by atoms with Crippen LogP contribution in [-0.4, -0.2) is 6.54 Å². The Labute approximate surface area is 93.2 Å². The van der Waals surface area contributed by atoms with Crippen LogP contribution in [0.2, 0.25) is 0 Å². The molecule has 0 aromatic heterocycles. The molecule has 0 saturated carbocycles. The van der Waals surface area contributed by atoms with Gasteiger partial charge in [-0.25, -0.2) is 0 Å². The Morgan fingerprint density at radius 2 is 1.93 bits per heavy atom. The molecule has 15 heavy (non-hydrogen) atoms. The topological polar surface area (TPSA) is 12.0 Å². The molecule has 1 nitrogen and oxygen atoms in total. The van der Waals surface area contributed by atoms with Crippen molar-refractivity contribution in [3.05, 3.63) is 47.7 Å². The molecule has 0 bridgehead atoms. The normalized spacial score (nSPS) is 12.2. The summed E-state index contributed by atoms with van der Waals surface area (Å²) in [6.07, 6.45) is 1.06. The summed E-state index contributed by atoms with van der Waals surface area (Å²) in [5, 5.41) is 3.28. The predicted octanol–water partition coefficient (Wildman–Crippen LogP) is 3.30. The lowest BCUT2D eigenvalue weighted by Gasteiger charge is -2.15. The first kappa shape index (κ1) is 11.8. The number of allylic oxidation sites excluding steroid dienone is 1. The molecule has 1 aromatic rings. The minimum Gasteiger partial charge on any atom is -0.389 e. The highest BCUT2D eigenvalue weighted by atomic mass is 14.9. The van der Waals surface area contributed by atoms with Gasteiger partial charge in [0.15, 0.2) is 0 Å². The van der Waals surface area contributed by atoms with Crippen LogP contribution in [0.4, 0.5) is 0 Å². The number of hydrogen-bond donors (Lipinski definition) is 1. The molecule has 1 atom stereocenters. The van der Waals surface area contributed by atoms with Crippen LogP contribution < -0.4 is 5.32 Å². The van der Waals surface area contributed by atoms with Gasteiger partial charge in [-0.1, -0.05) is 43.3 Å². The summed E-state index contributed by atoms with van der Waals surface area (Å²) in [5.74, 6) is 0.493. The first-order valence-corrected chi connectivity index (χ1v) is 5.61. The minimum atomic E-state index is 0.493. The van der Waals surface area contributed by atoms with Crippen LogP contribution in [0.3, 0.4) is 0 Å². The minimum absolute atomic E-state index is 0.493. The zero-order valence-electron chi connectivity index (χ0n) is 10.0. The molecule has 0 unspecified atom stereocenters. The van der Waals surface area contributed by atoms with Crippen LogP contribution in [-0.2, 0) is 6.42 Å². The summed E-state index contributed by atoms with van der Waals surface area (Å²) < 4.78 is 0. The van der Waals surface area contributed by atoms with Gasteiger partial charge in [-0.05, 0) is 31.7 Å². The fourth-order valence-corrected chi connectivity index (χ4v) is 1.60. The standard InChI is InChI=1S/C14H21N/c1-5-15-13(4)12(3)10-14-8-6-11(2)7-9-14/h6-9,12,15H,4-5,10H2,1-3H3/t12-/m1/s1. The highest BCUT2D eigenvalue weighted by Gasteiger charge is 2.06. The third-order valence-corrected chi connectivity index (χ3v) is 2.66. The Bertz CT molecular complexity index is 311. The van der Waals surface area contributed by atoms with Gasteiger partial charge in [0.2, 0.25) is 0 Å². The van der Waals surface area contributed by atoms with Crippen molar-refractivity contribution in [2.75, 3.05) is 6.54 Å². The molecule has 0 aliphatic heterocycles. The van der Waals surface area contributed by atoms with Gasteiger partial charge in [-0.15, -0.1) is 0 Å². The van der Waals surface area contributed by atoms with Crippen LogP contribution in [0, 0.1) is 12.8 Å². The van der Waals surface area contributed by atoms with Crippen molar-refractivity contribution in [3.63, 3.8) is 0 Å². The SMILES string of the molecule is C=C(NCC)[C@H](C)Cc1ccc(C)cc1. The Morgan fingerprint density at radius 1 is 1.33 bits per heavy atom. The molecule has 0 heterocycles. The molecule has 0 fully saturated rings. The van der Waals surface area contributed by atoms with Crippen molar-refractivity contribution >= 4 is 0 Å². The van der Waals surface area contributed by atoms with Crippen molar-refractivity contribution in [1.29, 1.82) is 0 Å². The summed E-state index contributed by atoms with van der Waals surface area (Å²) >= 11 is 0. The lowest BCUT2D eigenvalue weighted by Crippen LogP contribution is -2.18. The summed E-state index contributed by atoms with van der Waals surface area (Å²) in [4.78, 5) is 0. The predicted molar refractivity (Wildman–Crippen MR) is 66.9 cm³/mol. The van der Waals surface area contributed by atoms with Gasteiger partial charge in [-0.2, -0.15) is 0 Å². The van der Waals surface area contributed by atoms with E-state index < -0.39 is 0 Å². The van der Waals surface area contributed by atoms with E-state index in [4.69, 9.17) is 0 Å². The maximum atomic E-state index is 4.05. The van der Waals surface area contributed by atoms with Gasteiger partial charge in [0, 0.05) is 12.2 Å². The van der Waals surface area contributed by atoms with Gasteiger partial charge in [0.25, 0.3) is 0 Å². The highest BCUT2D eigenvalue weighted by Crippen LogP contribution is 2.14. The van der Waals surface area contributed by atoms with E-state index >= 15 is 0 Å². The third-order valence-electron chi connectivity index (χ3n) is 2.66. The molecule has 0 radical (unpaired) electrons. The lowest BCUT2D eigenvalue weighted by atomic mass is 9.98. The molecule has 1 N–H and O–H groups in total. The van der Waals surface area contributed by atoms with E-state index in [1.165, 1.54) is 11.1 Å². The molecule has 0 aliphatic rings. The molecule has 0 aliphatic carbocycles. The molecule has 1 rings (SSSR count). The van der Waals surface area contributed by atoms with Gasteiger partial charge in [0.05, 0.1) is 0 Å². The Balaban J connectivity index is 2.54. The largest absolute Gasteiger partial charge is 0.389 e. The number of hydrogen-bond acceptors (Lipinski definition) is 1. The van der Waals surface area contributed by atoms with E-state index in [1.54, 1.807) is 0 Å². The Kier molecular flexibility index (Phi) is 4.41. The van der Waals surface area contributed by atoms with E-state index in [-0.39, 0.29) is 0 Å². The van der Waals surface area contributed by atoms with Crippen molar-refractivity contribution in [2.24, 2.45) is 5.92 Å². The molecule has 82 valence electrons. The number of rotatable bonds is 5. The van der Waals surface area contributed by atoms with Crippen molar-refractivity contribution in [1.82, 2.24) is 5.32 Å². The summed E-state index contributed by atoms with van der Waals surface area (Å²) in [6.45, 7) is 11.4. The first-order valence-electron chi connectivity index (χ1n) is 5.61. The van der Waals surface area contributed by atoms with E-state index in [0.29, 0.717) is 5.92 Å². The summed E-state index contributed by atoms with van der Waals surface area (Å²) in [6, 6.07) is 8.73. The maximum Gasteiger partial charge on any atom is 0.0115 e. The van der Waals surface area contributed by atoms with Crippen LogP contribution in [0.15, 0.2) is 36.5 Å². The molecule has 0 amide bonds. The monoisotopic (exact) mass is 203 g/mol. The second-order valence-electron chi connectivity index (χ2n) is 4.15. The highest BCUT2D eigenvalue weighted by molar-refractivity contribution is 5.22. The smallest absolute Gasteiger partial charge is 0.0115 e. The fourth-order valence-electron chi connectivity index (χ4n) is 1.60. The average molecular weight is 203 g/mol. The molecule has 0 saturated heterocycles. The van der Waals surface area contributed by atoms with E-state index in [1.807, 2.05) is 0 Å². The van der Waals surface area contributed by atoms with Crippen LogP contribution in [0.5, 0.6) is 0 Å². The zero-order chi connectivity index (χ0) is 11.3. The third kappa shape index (κ3) is 3.78. The van der Waals surface area contributed by atoms with E-state index in [0.717, 1.165) is 18.7 Å². The maximum absolute atomic E-state index is 4.05. The quantitative estimate of drug-likeness (QED) is 0.774. The molecule has 1 heteroatoms. The second kappa shape index (κ2) is 5.59. The van der Waals surface area contributed by atoms with Crippen LogP contribution in [0.1, 0.15) is 25.0 Å². The number of benzene rings is 1. The fraction of sp³-hybridized carbons (Fsp3) is 0.429. The van der Waals surface area contributed by atoms with Crippen LogP contribution >= 0.6 is 0 Å².